The fourth-order valence-corrected chi connectivity index (χ4v) is 2.61. The van der Waals surface area contributed by atoms with Crippen LogP contribution in [0.3, 0.4) is 0 Å². The molecule has 19 heavy (non-hydrogen) atoms. The van der Waals surface area contributed by atoms with Gasteiger partial charge in [0, 0.05) is 57.6 Å². The number of nitrogens with zero attached hydrogens (tertiary/aromatic N) is 4. The molecule has 0 radical (unpaired) electrons. The molecule has 3 rings (SSSR count). The molecule has 1 aromatic heterocycles. The van der Waals surface area contributed by atoms with Gasteiger partial charge in [-0.25, -0.2) is 4.98 Å². The maximum Gasteiger partial charge on any atom is 0.274 e. The van der Waals surface area contributed by atoms with Gasteiger partial charge in [-0.1, -0.05) is 0 Å². The minimum atomic E-state index is -0.376. The van der Waals surface area contributed by atoms with Crippen molar-refractivity contribution in [2.45, 2.75) is 6.04 Å². The van der Waals surface area contributed by atoms with E-state index in [2.05, 4.69) is 20.1 Å². The number of rotatable bonds is 3. The van der Waals surface area contributed by atoms with Crippen LogP contribution in [0.25, 0.3) is 0 Å². The molecule has 7 nitrogen and oxygen atoms in total. The molecule has 2 fully saturated rings. The van der Waals surface area contributed by atoms with E-state index in [0.29, 0.717) is 11.9 Å². The van der Waals surface area contributed by atoms with Gasteiger partial charge in [0.1, 0.15) is 5.82 Å². The molecular weight excluding hydrogens is 246 g/mol. The van der Waals surface area contributed by atoms with Crippen molar-refractivity contribution < 1.29 is 4.92 Å². The second-order valence-electron chi connectivity index (χ2n) is 4.97. The molecule has 102 valence electrons. The molecule has 7 heteroatoms. The minimum absolute atomic E-state index is 0.107. The molecule has 0 saturated carbocycles. The lowest BCUT2D eigenvalue weighted by atomic mass is 10.1. The molecule has 0 atom stereocenters. The number of anilines is 1. The van der Waals surface area contributed by atoms with Crippen molar-refractivity contribution in [1.82, 2.24) is 15.2 Å². The zero-order chi connectivity index (χ0) is 13.2. The number of hydrogen-bond donors (Lipinski definition) is 1. The average Bonchev–Trinajstić information content (AvgIpc) is 2.39. The Bertz CT molecular complexity index is 469. The van der Waals surface area contributed by atoms with Crippen LogP contribution < -0.4 is 10.2 Å². The fourth-order valence-electron chi connectivity index (χ4n) is 2.61. The Morgan fingerprint density at radius 3 is 2.79 bits per heavy atom. The Hall–Kier alpha value is -1.73. The van der Waals surface area contributed by atoms with Crippen LogP contribution in [-0.2, 0) is 0 Å². The van der Waals surface area contributed by atoms with E-state index in [0.717, 1.165) is 39.3 Å². The van der Waals surface area contributed by atoms with Crippen LogP contribution in [0, 0.1) is 10.1 Å². The van der Waals surface area contributed by atoms with Crippen LogP contribution in [0.2, 0.25) is 0 Å². The summed E-state index contributed by atoms with van der Waals surface area (Å²) in [6.07, 6.45) is 1.51. The number of pyridine rings is 1. The summed E-state index contributed by atoms with van der Waals surface area (Å²) in [7, 11) is 0. The maximum absolute atomic E-state index is 10.7. The molecule has 0 aromatic carbocycles. The van der Waals surface area contributed by atoms with E-state index in [1.807, 2.05) is 0 Å². The van der Waals surface area contributed by atoms with Crippen molar-refractivity contribution in [1.29, 1.82) is 0 Å². The van der Waals surface area contributed by atoms with E-state index < -0.39 is 0 Å². The first-order valence-corrected chi connectivity index (χ1v) is 6.54. The maximum atomic E-state index is 10.7. The van der Waals surface area contributed by atoms with Crippen LogP contribution in [0.5, 0.6) is 0 Å². The molecule has 0 unspecified atom stereocenters. The Morgan fingerprint density at radius 2 is 2.11 bits per heavy atom. The van der Waals surface area contributed by atoms with Crippen molar-refractivity contribution >= 4 is 11.5 Å². The highest BCUT2D eigenvalue weighted by molar-refractivity contribution is 5.49. The molecule has 0 bridgehead atoms. The first-order chi connectivity index (χ1) is 9.24. The van der Waals surface area contributed by atoms with E-state index in [4.69, 9.17) is 0 Å². The van der Waals surface area contributed by atoms with Crippen molar-refractivity contribution in [3.05, 3.63) is 28.4 Å². The number of nitro groups is 1. The third-order valence-electron chi connectivity index (χ3n) is 3.79. The monoisotopic (exact) mass is 263 g/mol. The summed E-state index contributed by atoms with van der Waals surface area (Å²) in [6, 6.07) is 3.54. The van der Waals surface area contributed by atoms with E-state index in [-0.39, 0.29) is 10.6 Å². The highest BCUT2D eigenvalue weighted by Gasteiger charge is 2.33. The van der Waals surface area contributed by atoms with E-state index in [1.165, 1.54) is 12.3 Å². The summed E-state index contributed by atoms with van der Waals surface area (Å²) in [5.74, 6) is 0.709. The molecule has 3 heterocycles. The van der Waals surface area contributed by atoms with Crippen molar-refractivity contribution in [2.75, 3.05) is 44.2 Å². The average molecular weight is 263 g/mol. The number of piperazine rings is 1. The van der Waals surface area contributed by atoms with Gasteiger partial charge in [0.15, 0.2) is 0 Å². The van der Waals surface area contributed by atoms with Crippen molar-refractivity contribution in [3.63, 3.8) is 0 Å². The third-order valence-corrected chi connectivity index (χ3v) is 3.79. The van der Waals surface area contributed by atoms with Crippen molar-refractivity contribution in [2.24, 2.45) is 0 Å². The molecule has 2 aliphatic rings. The minimum Gasteiger partial charge on any atom is -0.353 e. The molecule has 0 amide bonds. The summed E-state index contributed by atoms with van der Waals surface area (Å²) < 4.78 is 0. The predicted octanol–water partition coefficient (Wildman–Crippen LogP) is 0.0836. The number of hydrogen-bond acceptors (Lipinski definition) is 6. The second-order valence-corrected chi connectivity index (χ2v) is 4.97. The highest BCUT2D eigenvalue weighted by Crippen LogP contribution is 2.24. The number of aromatic nitrogens is 1. The lowest BCUT2D eigenvalue weighted by molar-refractivity contribution is -0.384. The quantitative estimate of drug-likeness (QED) is 0.615. The lowest BCUT2D eigenvalue weighted by Gasteiger charge is -2.47. The Labute approximate surface area is 111 Å². The van der Waals surface area contributed by atoms with Crippen LogP contribution in [-0.4, -0.2) is 60.1 Å². The van der Waals surface area contributed by atoms with E-state index in [9.17, 15) is 10.1 Å². The van der Waals surface area contributed by atoms with Gasteiger partial charge in [0.05, 0.1) is 11.0 Å². The van der Waals surface area contributed by atoms with Gasteiger partial charge in [-0.2, -0.15) is 0 Å². The largest absolute Gasteiger partial charge is 0.353 e. The molecule has 1 aromatic rings. The normalized spacial score (nSPS) is 21.2. The first-order valence-electron chi connectivity index (χ1n) is 6.54. The van der Waals surface area contributed by atoms with Crippen LogP contribution >= 0.6 is 0 Å². The van der Waals surface area contributed by atoms with E-state index in [1.54, 1.807) is 6.07 Å². The summed E-state index contributed by atoms with van der Waals surface area (Å²) in [4.78, 5) is 19.1. The predicted molar refractivity (Wildman–Crippen MR) is 71.3 cm³/mol. The van der Waals surface area contributed by atoms with Gasteiger partial charge in [0.2, 0.25) is 0 Å². The van der Waals surface area contributed by atoms with Crippen molar-refractivity contribution in [3.8, 4) is 0 Å². The molecule has 0 aliphatic carbocycles. The summed E-state index contributed by atoms with van der Waals surface area (Å²) >= 11 is 0. The Morgan fingerprint density at radius 1 is 1.37 bits per heavy atom. The lowest BCUT2D eigenvalue weighted by Crippen LogP contribution is -2.63. The SMILES string of the molecule is O=[N+]([O-])c1ccnc(N2CC(N3CCNCC3)C2)c1. The Balaban J connectivity index is 1.60. The molecule has 1 N–H and O–H groups in total. The zero-order valence-corrected chi connectivity index (χ0v) is 10.7. The van der Waals surface area contributed by atoms with Crippen LogP contribution in [0.1, 0.15) is 0 Å². The fraction of sp³-hybridized carbons (Fsp3) is 0.583. The topological polar surface area (TPSA) is 74.5 Å². The van der Waals surface area contributed by atoms with Crippen LogP contribution in [0.4, 0.5) is 11.5 Å². The van der Waals surface area contributed by atoms with Gasteiger partial charge in [-0.05, 0) is 0 Å². The molecular formula is C12H17N5O2. The molecule has 2 aliphatic heterocycles. The summed E-state index contributed by atoms with van der Waals surface area (Å²) in [6.45, 7) is 6.08. The first kappa shape index (κ1) is 12.3. The van der Waals surface area contributed by atoms with Gasteiger partial charge in [-0.15, -0.1) is 0 Å². The summed E-state index contributed by atoms with van der Waals surface area (Å²) in [5, 5.41) is 14.1. The number of nitrogens with one attached hydrogen (secondary N) is 1. The zero-order valence-electron chi connectivity index (χ0n) is 10.7. The standard InChI is InChI=1S/C12H17N5O2/c18-17(19)10-1-2-14-12(7-10)16-8-11(9-16)15-5-3-13-4-6-15/h1-2,7,11,13H,3-6,8-9H2. The smallest absolute Gasteiger partial charge is 0.274 e. The third kappa shape index (κ3) is 2.52. The van der Waals surface area contributed by atoms with E-state index >= 15 is 0 Å². The van der Waals surface area contributed by atoms with Gasteiger partial charge in [-0.3, -0.25) is 15.0 Å². The molecule has 2 saturated heterocycles. The van der Waals surface area contributed by atoms with Crippen LogP contribution in [0.15, 0.2) is 18.3 Å². The summed E-state index contributed by atoms with van der Waals surface area (Å²) in [5.41, 5.74) is 0.107. The Kier molecular flexibility index (Phi) is 3.31. The highest BCUT2D eigenvalue weighted by atomic mass is 16.6. The molecule has 0 spiro atoms. The van der Waals surface area contributed by atoms with Gasteiger partial charge >= 0.3 is 0 Å². The van der Waals surface area contributed by atoms with Gasteiger partial charge < -0.3 is 10.2 Å². The second kappa shape index (κ2) is 5.10. The van der Waals surface area contributed by atoms with Gasteiger partial charge in [0.25, 0.3) is 5.69 Å².